The first-order chi connectivity index (χ1) is 13.5. The molecule has 0 amide bonds. The standard InChI is InChI=1S/C22H20N2O4/c1-23(15-18-10-6-7-11-21(18)28-2)19-13-12-17(14-20(19)24(26)27)22(25)16-8-4-3-5-9-16/h3-14H,15H2,1-2H3. The predicted octanol–water partition coefficient (Wildman–Crippen LogP) is 4.47. The molecule has 142 valence electrons. The van der Waals surface area contributed by atoms with Crippen LogP contribution in [0, 0.1) is 10.1 Å². The van der Waals surface area contributed by atoms with E-state index >= 15 is 0 Å². The van der Waals surface area contributed by atoms with Crippen LogP contribution in [0.15, 0.2) is 72.8 Å². The Labute approximate surface area is 163 Å². The molecule has 0 bridgehead atoms. The number of ether oxygens (including phenoxy) is 1. The van der Waals surface area contributed by atoms with Gasteiger partial charge in [-0.15, -0.1) is 0 Å². The Morgan fingerprint density at radius 3 is 2.36 bits per heavy atom. The van der Waals surface area contributed by atoms with Crippen LogP contribution in [0.5, 0.6) is 5.75 Å². The van der Waals surface area contributed by atoms with Crippen LogP contribution in [-0.4, -0.2) is 24.9 Å². The van der Waals surface area contributed by atoms with Crippen LogP contribution >= 0.6 is 0 Å². The molecule has 0 unspecified atom stereocenters. The number of carbonyl (C=O) groups is 1. The molecule has 0 aliphatic rings. The molecule has 3 aromatic rings. The van der Waals surface area contributed by atoms with E-state index in [-0.39, 0.29) is 17.0 Å². The van der Waals surface area contributed by atoms with Crippen LogP contribution in [0.3, 0.4) is 0 Å². The van der Waals surface area contributed by atoms with Gasteiger partial charge in [0.2, 0.25) is 0 Å². The molecular formula is C22H20N2O4. The molecule has 0 saturated heterocycles. The first-order valence-electron chi connectivity index (χ1n) is 8.72. The van der Waals surface area contributed by atoms with Gasteiger partial charge in [0.05, 0.1) is 12.0 Å². The first kappa shape index (κ1) is 19.1. The average molecular weight is 376 g/mol. The van der Waals surface area contributed by atoms with Crippen LogP contribution in [0.4, 0.5) is 11.4 Å². The fraction of sp³-hybridized carbons (Fsp3) is 0.136. The van der Waals surface area contributed by atoms with Crippen molar-refractivity contribution in [3.63, 3.8) is 0 Å². The quantitative estimate of drug-likeness (QED) is 0.346. The van der Waals surface area contributed by atoms with Gasteiger partial charge in [-0.3, -0.25) is 14.9 Å². The number of carbonyl (C=O) groups excluding carboxylic acids is 1. The van der Waals surface area contributed by atoms with Gasteiger partial charge in [0.25, 0.3) is 5.69 Å². The molecule has 0 heterocycles. The molecule has 0 atom stereocenters. The zero-order chi connectivity index (χ0) is 20.1. The topological polar surface area (TPSA) is 72.7 Å². The number of rotatable bonds is 7. The summed E-state index contributed by atoms with van der Waals surface area (Å²) in [4.78, 5) is 25.6. The summed E-state index contributed by atoms with van der Waals surface area (Å²) in [5.74, 6) is 0.468. The Morgan fingerprint density at radius 2 is 1.68 bits per heavy atom. The number of nitro groups is 1. The van der Waals surface area contributed by atoms with Gasteiger partial charge in [-0.2, -0.15) is 0 Å². The Bertz CT molecular complexity index is 1000. The Balaban J connectivity index is 1.93. The molecule has 0 aliphatic heterocycles. The van der Waals surface area contributed by atoms with Crippen molar-refractivity contribution in [2.24, 2.45) is 0 Å². The smallest absolute Gasteiger partial charge is 0.293 e. The number of hydrogen-bond donors (Lipinski definition) is 0. The molecule has 0 aromatic heterocycles. The van der Waals surface area contributed by atoms with Gasteiger partial charge in [0.1, 0.15) is 11.4 Å². The predicted molar refractivity (Wildman–Crippen MR) is 108 cm³/mol. The van der Waals surface area contributed by atoms with Crippen LogP contribution in [0.2, 0.25) is 0 Å². The lowest BCUT2D eigenvalue weighted by Crippen LogP contribution is -2.18. The number of methoxy groups -OCH3 is 1. The SMILES string of the molecule is COc1ccccc1CN(C)c1ccc(C(=O)c2ccccc2)cc1[N+](=O)[O-]. The van der Waals surface area contributed by atoms with E-state index in [2.05, 4.69) is 0 Å². The fourth-order valence-corrected chi connectivity index (χ4v) is 3.06. The molecule has 0 fully saturated rings. The number of para-hydroxylation sites is 1. The third-order valence-corrected chi connectivity index (χ3v) is 4.48. The average Bonchev–Trinajstić information content (AvgIpc) is 2.73. The maximum Gasteiger partial charge on any atom is 0.293 e. The van der Waals surface area contributed by atoms with Crippen LogP contribution in [0.1, 0.15) is 21.5 Å². The lowest BCUT2D eigenvalue weighted by molar-refractivity contribution is -0.384. The summed E-state index contributed by atoms with van der Waals surface area (Å²) in [7, 11) is 3.36. The molecule has 3 aromatic carbocycles. The zero-order valence-electron chi connectivity index (χ0n) is 15.7. The highest BCUT2D eigenvalue weighted by molar-refractivity contribution is 6.09. The normalized spacial score (nSPS) is 10.4. The van der Waals surface area contributed by atoms with Gasteiger partial charge in [-0.05, 0) is 18.2 Å². The number of anilines is 1. The molecule has 3 rings (SSSR count). The van der Waals surface area contributed by atoms with E-state index in [1.165, 1.54) is 6.07 Å². The number of nitrogens with zero attached hydrogens (tertiary/aromatic N) is 2. The summed E-state index contributed by atoms with van der Waals surface area (Å²) in [5.41, 5.74) is 2.00. The van der Waals surface area contributed by atoms with Gasteiger partial charge in [-0.25, -0.2) is 0 Å². The molecule has 28 heavy (non-hydrogen) atoms. The minimum absolute atomic E-state index is 0.112. The molecule has 0 saturated carbocycles. The maximum absolute atomic E-state index is 12.6. The molecule has 0 radical (unpaired) electrons. The molecule has 0 spiro atoms. The Hall–Kier alpha value is -3.67. The van der Waals surface area contributed by atoms with Crippen LogP contribution in [0.25, 0.3) is 0 Å². The van der Waals surface area contributed by atoms with Gasteiger partial charge in [0.15, 0.2) is 5.78 Å². The number of hydrogen-bond acceptors (Lipinski definition) is 5. The largest absolute Gasteiger partial charge is 0.496 e. The van der Waals surface area contributed by atoms with E-state index in [9.17, 15) is 14.9 Å². The van der Waals surface area contributed by atoms with Crippen molar-refractivity contribution in [1.29, 1.82) is 0 Å². The third kappa shape index (κ3) is 4.01. The maximum atomic E-state index is 12.6. The van der Waals surface area contributed by atoms with Crippen molar-refractivity contribution < 1.29 is 14.5 Å². The minimum atomic E-state index is -0.462. The van der Waals surface area contributed by atoms with E-state index in [1.54, 1.807) is 55.5 Å². The highest BCUT2D eigenvalue weighted by Crippen LogP contribution is 2.31. The van der Waals surface area contributed by atoms with Crippen molar-refractivity contribution in [2.75, 3.05) is 19.1 Å². The van der Waals surface area contributed by atoms with E-state index in [0.717, 1.165) is 5.56 Å². The van der Waals surface area contributed by atoms with Crippen LogP contribution < -0.4 is 9.64 Å². The van der Waals surface area contributed by atoms with E-state index in [1.807, 2.05) is 30.3 Å². The second kappa shape index (κ2) is 8.35. The number of ketones is 1. The van der Waals surface area contributed by atoms with Crippen molar-refractivity contribution in [2.45, 2.75) is 6.54 Å². The third-order valence-electron chi connectivity index (χ3n) is 4.48. The summed E-state index contributed by atoms with van der Waals surface area (Å²) in [6, 6.07) is 20.8. The lowest BCUT2D eigenvalue weighted by Gasteiger charge is -2.21. The Kier molecular flexibility index (Phi) is 5.69. The molecule has 6 nitrogen and oxygen atoms in total. The van der Waals surface area contributed by atoms with Gasteiger partial charge in [0, 0.05) is 36.3 Å². The first-order valence-corrected chi connectivity index (χ1v) is 8.72. The second-order valence-electron chi connectivity index (χ2n) is 6.32. The Morgan fingerprint density at radius 1 is 1.00 bits per heavy atom. The number of nitro benzene ring substituents is 1. The summed E-state index contributed by atoms with van der Waals surface area (Å²) in [6.07, 6.45) is 0. The van der Waals surface area contributed by atoms with Gasteiger partial charge >= 0.3 is 0 Å². The van der Waals surface area contributed by atoms with Gasteiger partial charge in [-0.1, -0.05) is 48.5 Å². The minimum Gasteiger partial charge on any atom is -0.496 e. The zero-order valence-corrected chi connectivity index (χ0v) is 15.7. The summed E-state index contributed by atoms with van der Waals surface area (Å²) in [6.45, 7) is 0.427. The van der Waals surface area contributed by atoms with Crippen molar-refractivity contribution >= 4 is 17.2 Å². The van der Waals surface area contributed by atoms with Gasteiger partial charge < -0.3 is 9.64 Å². The van der Waals surface area contributed by atoms with E-state index < -0.39 is 4.92 Å². The highest BCUT2D eigenvalue weighted by Gasteiger charge is 2.21. The highest BCUT2D eigenvalue weighted by atomic mass is 16.6. The van der Waals surface area contributed by atoms with Crippen LogP contribution in [-0.2, 0) is 6.54 Å². The summed E-state index contributed by atoms with van der Waals surface area (Å²) >= 11 is 0. The van der Waals surface area contributed by atoms with Crippen molar-refractivity contribution in [1.82, 2.24) is 0 Å². The molecular weight excluding hydrogens is 356 g/mol. The van der Waals surface area contributed by atoms with Crippen molar-refractivity contribution in [3.8, 4) is 5.75 Å². The number of benzene rings is 3. The molecule has 0 aliphatic carbocycles. The van der Waals surface area contributed by atoms with E-state index in [0.29, 0.717) is 23.5 Å². The summed E-state index contributed by atoms with van der Waals surface area (Å²) < 4.78 is 5.35. The van der Waals surface area contributed by atoms with Crippen molar-refractivity contribution in [3.05, 3.63) is 99.6 Å². The molecule has 6 heteroatoms. The molecule has 0 N–H and O–H groups in total. The monoisotopic (exact) mass is 376 g/mol. The van der Waals surface area contributed by atoms with E-state index in [4.69, 9.17) is 4.74 Å². The summed E-state index contributed by atoms with van der Waals surface area (Å²) in [5, 5.41) is 11.7. The second-order valence-corrected chi connectivity index (χ2v) is 6.32. The lowest BCUT2D eigenvalue weighted by atomic mass is 10.0. The fourth-order valence-electron chi connectivity index (χ4n) is 3.06.